The first-order chi connectivity index (χ1) is 21.9. The number of hydrogen-bond donors (Lipinski definition) is 2. The second-order valence-corrected chi connectivity index (χ2v) is 12.6. The zero-order chi connectivity index (χ0) is 32.6. The molecule has 2 fully saturated rings. The van der Waals surface area contributed by atoms with Crippen LogP contribution in [0, 0.1) is 0 Å². The molecule has 3 amide bonds. The monoisotopic (exact) mass is 658 g/mol. The van der Waals surface area contributed by atoms with Crippen LogP contribution in [0.2, 0.25) is 5.02 Å². The van der Waals surface area contributed by atoms with E-state index in [2.05, 4.69) is 10.3 Å². The average Bonchev–Trinajstić information content (AvgIpc) is 3.57. The third kappa shape index (κ3) is 6.37. The summed E-state index contributed by atoms with van der Waals surface area (Å²) in [5.41, 5.74) is 5.31. The zero-order valence-corrected chi connectivity index (χ0v) is 25.7. The van der Waals surface area contributed by atoms with Crippen LogP contribution >= 0.6 is 11.6 Å². The summed E-state index contributed by atoms with van der Waals surface area (Å²) in [5.74, 6) is -0.581. The van der Waals surface area contributed by atoms with Crippen LogP contribution in [0.1, 0.15) is 54.8 Å². The van der Waals surface area contributed by atoms with Gasteiger partial charge in [-0.2, -0.15) is 13.2 Å². The van der Waals surface area contributed by atoms with Gasteiger partial charge < -0.3 is 30.2 Å². The Morgan fingerprint density at radius 2 is 1.83 bits per heavy atom. The molecule has 1 spiro atoms. The van der Waals surface area contributed by atoms with Gasteiger partial charge in [0.1, 0.15) is 0 Å². The minimum Gasteiger partial charge on any atom is -0.436 e. The number of likely N-dealkylation sites (tertiary alicyclic amines) is 2. The molecule has 1 aromatic heterocycles. The first-order valence-electron chi connectivity index (χ1n) is 15.2. The van der Waals surface area contributed by atoms with Gasteiger partial charge in [-0.1, -0.05) is 29.8 Å². The predicted octanol–water partition coefficient (Wildman–Crippen LogP) is 5.42. The molecule has 4 heterocycles. The smallest absolute Gasteiger partial charge is 0.418 e. The van der Waals surface area contributed by atoms with Crippen LogP contribution in [0.5, 0.6) is 0 Å². The number of fused-ring (bicyclic) bond motifs is 2. The Morgan fingerprint density at radius 1 is 1.11 bits per heavy atom. The number of carbonyl (C=O) groups excluding carboxylic acids is 3. The van der Waals surface area contributed by atoms with Gasteiger partial charge in [0, 0.05) is 68.6 Å². The van der Waals surface area contributed by atoms with Gasteiger partial charge in [-0.3, -0.25) is 9.59 Å². The number of imidazole rings is 1. The molecule has 0 radical (unpaired) electrons. The molecule has 3 aliphatic rings. The van der Waals surface area contributed by atoms with Crippen molar-refractivity contribution in [3.05, 3.63) is 76.8 Å². The second kappa shape index (κ2) is 12.5. The number of aromatic nitrogens is 2. The van der Waals surface area contributed by atoms with Crippen molar-refractivity contribution in [1.82, 2.24) is 19.4 Å². The lowest BCUT2D eigenvalue weighted by atomic mass is 9.68. The third-order valence-corrected chi connectivity index (χ3v) is 9.72. The molecule has 3 aromatic rings. The van der Waals surface area contributed by atoms with Gasteiger partial charge in [0.05, 0.1) is 22.6 Å². The molecular formula is C32H34ClF3N6O4. The molecule has 0 bridgehead atoms. The molecule has 46 heavy (non-hydrogen) atoms. The topological polar surface area (TPSA) is 123 Å². The van der Waals surface area contributed by atoms with Crippen LogP contribution in [0.15, 0.2) is 55.1 Å². The van der Waals surface area contributed by atoms with E-state index >= 15 is 0 Å². The number of nitrogens with zero attached hydrogens (tertiary/aromatic N) is 4. The summed E-state index contributed by atoms with van der Waals surface area (Å²) < 4.78 is 49.0. The SMILES string of the molecule is Nc1c(Cl)cc(C[C@@H](OC(=O)N2CCC3(CC2)CC(=O)Nc2ccccc23)C(=O)N2CCC(n3ccnc3)CC2)cc1C(F)(F)F. The maximum absolute atomic E-state index is 13.9. The number of rotatable bonds is 5. The van der Waals surface area contributed by atoms with Gasteiger partial charge >= 0.3 is 12.3 Å². The van der Waals surface area contributed by atoms with Crippen LogP contribution in [0.25, 0.3) is 0 Å². The van der Waals surface area contributed by atoms with Crippen molar-refractivity contribution in [2.24, 2.45) is 0 Å². The highest BCUT2D eigenvalue weighted by Gasteiger charge is 2.44. The Balaban J connectivity index is 1.19. The number of para-hydroxylation sites is 1. The number of nitrogen functional groups attached to an aromatic ring is 1. The number of piperidine rings is 2. The summed E-state index contributed by atoms with van der Waals surface area (Å²) in [6, 6.07) is 9.87. The molecule has 3 aliphatic heterocycles. The minimum absolute atomic E-state index is 0.0633. The van der Waals surface area contributed by atoms with Crippen molar-refractivity contribution < 1.29 is 32.3 Å². The summed E-state index contributed by atoms with van der Waals surface area (Å²) in [4.78, 5) is 47.1. The van der Waals surface area contributed by atoms with Gasteiger partial charge in [-0.15, -0.1) is 0 Å². The van der Waals surface area contributed by atoms with Gasteiger partial charge in [0.15, 0.2) is 6.10 Å². The molecule has 2 aromatic carbocycles. The lowest BCUT2D eigenvalue weighted by Crippen LogP contribution is -2.51. The Hall–Kier alpha value is -4.26. The van der Waals surface area contributed by atoms with Crippen molar-refractivity contribution in [1.29, 1.82) is 0 Å². The Morgan fingerprint density at radius 3 is 2.50 bits per heavy atom. The number of halogens is 4. The van der Waals surface area contributed by atoms with Crippen molar-refractivity contribution in [3.8, 4) is 0 Å². The van der Waals surface area contributed by atoms with E-state index in [0.717, 1.165) is 17.3 Å². The fraction of sp³-hybridized carbons (Fsp3) is 0.438. The van der Waals surface area contributed by atoms with Crippen LogP contribution in [0.3, 0.4) is 0 Å². The molecule has 10 nitrogen and oxygen atoms in total. The molecule has 0 aliphatic carbocycles. The summed E-state index contributed by atoms with van der Waals surface area (Å²) in [6.45, 7) is 1.31. The van der Waals surface area contributed by atoms with Crippen molar-refractivity contribution in [3.63, 3.8) is 0 Å². The summed E-state index contributed by atoms with van der Waals surface area (Å²) >= 11 is 6.07. The first-order valence-corrected chi connectivity index (χ1v) is 15.6. The van der Waals surface area contributed by atoms with Crippen LogP contribution in [0.4, 0.5) is 29.3 Å². The molecular weight excluding hydrogens is 625 g/mol. The molecule has 0 unspecified atom stereocenters. The highest BCUT2D eigenvalue weighted by atomic mass is 35.5. The molecule has 1 atom stereocenters. The predicted molar refractivity (Wildman–Crippen MR) is 164 cm³/mol. The van der Waals surface area contributed by atoms with Crippen LogP contribution in [-0.4, -0.2) is 69.5 Å². The van der Waals surface area contributed by atoms with E-state index in [0.29, 0.717) is 45.2 Å². The van der Waals surface area contributed by atoms with Crippen LogP contribution in [-0.2, 0) is 32.3 Å². The van der Waals surface area contributed by atoms with E-state index in [1.807, 2.05) is 35.0 Å². The van der Waals surface area contributed by atoms with Crippen molar-refractivity contribution in [2.45, 2.75) is 62.3 Å². The van der Waals surface area contributed by atoms with E-state index in [4.69, 9.17) is 22.1 Å². The Labute approximate surface area is 268 Å². The summed E-state index contributed by atoms with van der Waals surface area (Å²) in [5, 5.41) is 2.61. The number of nitrogens with two attached hydrogens (primary N) is 1. The summed E-state index contributed by atoms with van der Waals surface area (Å²) in [6.07, 6.45) is 0.623. The van der Waals surface area contributed by atoms with E-state index in [-0.39, 0.29) is 42.0 Å². The molecule has 3 N–H and O–H groups in total. The van der Waals surface area contributed by atoms with Crippen LogP contribution < -0.4 is 11.1 Å². The highest BCUT2D eigenvalue weighted by Crippen LogP contribution is 2.45. The lowest BCUT2D eigenvalue weighted by molar-refractivity contribution is -0.142. The van der Waals surface area contributed by atoms with E-state index in [9.17, 15) is 27.6 Å². The molecule has 14 heteroatoms. The van der Waals surface area contributed by atoms with E-state index in [1.165, 1.54) is 11.0 Å². The molecule has 244 valence electrons. The maximum Gasteiger partial charge on any atom is 0.418 e. The molecule has 6 rings (SSSR count). The quantitative estimate of drug-likeness (QED) is 0.353. The number of carbonyl (C=O) groups is 3. The minimum atomic E-state index is -4.77. The number of hydrogen-bond acceptors (Lipinski definition) is 6. The van der Waals surface area contributed by atoms with E-state index in [1.54, 1.807) is 17.4 Å². The molecule has 2 saturated heterocycles. The lowest BCUT2D eigenvalue weighted by Gasteiger charge is -2.44. The third-order valence-electron chi connectivity index (χ3n) is 9.41. The number of benzene rings is 2. The van der Waals surface area contributed by atoms with Gasteiger partial charge in [-0.05, 0) is 55.0 Å². The van der Waals surface area contributed by atoms with Gasteiger partial charge in [-0.25, -0.2) is 9.78 Å². The maximum atomic E-state index is 13.9. The number of nitrogens with one attached hydrogen (secondary N) is 1. The van der Waals surface area contributed by atoms with Crippen molar-refractivity contribution in [2.75, 3.05) is 37.2 Å². The first kappa shape index (κ1) is 31.7. The summed E-state index contributed by atoms with van der Waals surface area (Å²) in [7, 11) is 0. The Kier molecular flexibility index (Phi) is 8.62. The highest BCUT2D eigenvalue weighted by molar-refractivity contribution is 6.33. The number of ether oxygens (including phenoxy) is 1. The standard InChI is InChI=1S/C32H34ClF3N6O4/c33-24-16-20(15-23(28(24)37)32(34,35)36)17-26(29(44)40-10-5-21(6-11-40)42-14-9-38-19-42)46-30(45)41-12-7-31(8-13-41)18-27(43)39-25-4-2-1-3-22(25)31/h1-4,9,14-16,19,21,26H,5-8,10-13,17-18,37H2,(H,39,43)/t26-/m1/s1. The number of alkyl halides is 3. The number of anilines is 2. The van der Waals surface area contributed by atoms with Gasteiger partial charge in [0.25, 0.3) is 5.91 Å². The zero-order valence-electron chi connectivity index (χ0n) is 24.9. The normalized spacial score (nSPS) is 19.0. The fourth-order valence-corrected chi connectivity index (χ4v) is 7.15. The largest absolute Gasteiger partial charge is 0.436 e. The van der Waals surface area contributed by atoms with E-state index < -0.39 is 40.9 Å². The van der Waals surface area contributed by atoms with Gasteiger partial charge in [0.2, 0.25) is 5.91 Å². The fourth-order valence-electron chi connectivity index (χ4n) is 6.90. The number of amides is 3. The van der Waals surface area contributed by atoms with Crippen molar-refractivity contribution >= 4 is 40.9 Å². The molecule has 0 saturated carbocycles. The Bertz CT molecular complexity index is 1620. The average molecular weight is 659 g/mol. The second-order valence-electron chi connectivity index (χ2n) is 12.2.